The quantitative estimate of drug-likeness (QED) is 0.695. The molecule has 0 saturated heterocycles. The van der Waals surface area contributed by atoms with Crippen LogP contribution in [-0.2, 0) is 24.1 Å². The third-order valence-corrected chi connectivity index (χ3v) is 4.16. The highest BCUT2D eigenvalue weighted by molar-refractivity contribution is 5.89. The summed E-state index contributed by atoms with van der Waals surface area (Å²) in [5, 5.41) is 10.5. The van der Waals surface area contributed by atoms with Crippen LogP contribution < -0.4 is 5.32 Å². The number of hydrogen-bond acceptors (Lipinski definition) is 3. The van der Waals surface area contributed by atoms with Crippen LogP contribution in [0, 0.1) is 13.8 Å². The Hall–Kier alpha value is -3.10. The number of nitrogens with one attached hydrogen (secondary N) is 1. The zero-order valence-electron chi connectivity index (χ0n) is 15.5. The first-order valence-electron chi connectivity index (χ1n) is 8.71. The van der Waals surface area contributed by atoms with E-state index >= 15 is 0 Å². The van der Waals surface area contributed by atoms with Crippen molar-refractivity contribution in [2.45, 2.75) is 39.5 Å². The maximum absolute atomic E-state index is 12.7. The van der Waals surface area contributed by atoms with Gasteiger partial charge in [0.15, 0.2) is 11.5 Å². The monoisotopic (exact) mass is 391 g/mol. The Bertz CT molecular complexity index is 974. The van der Waals surface area contributed by atoms with E-state index in [-0.39, 0.29) is 18.9 Å². The first-order chi connectivity index (χ1) is 13.2. The number of aryl methyl sites for hydroxylation is 3. The van der Waals surface area contributed by atoms with Gasteiger partial charge in [-0.05, 0) is 25.5 Å². The summed E-state index contributed by atoms with van der Waals surface area (Å²) in [6, 6.07) is 10.7. The van der Waals surface area contributed by atoms with Crippen molar-refractivity contribution in [2.75, 3.05) is 5.32 Å². The second kappa shape index (κ2) is 7.87. The average molecular weight is 391 g/mol. The van der Waals surface area contributed by atoms with Gasteiger partial charge in [0.05, 0.1) is 6.54 Å². The predicted molar refractivity (Wildman–Crippen MR) is 97.7 cm³/mol. The molecule has 28 heavy (non-hydrogen) atoms. The van der Waals surface area contributed by atoms with Crippen molar-refractivity contribution in [3.63, 3.8) is 0 Å². The average Bonchev–Trinajstić information content (AvgIpc) is 3.19. The van der Waals surface area contributed by atoms with Crippen LogP contribution in [0.3, 0.4) is 0 Å². The van der Waals surface area contributed by atoms with Crippen LogP contribution in [0.25, 0.3) is 0 Å². The first-order valence-corrected chi connectivity index (χ1v) is 8.71. The maximum Gasteiger partial charge on any atom is 0.435 e. The summed E-state index contributed by atoms with van der Waals surface area (Å²) in [7, 11) is 0. The Morgan fingerprint density at radius 1 is 1.14 bits per heavy atom. The molecule has 0 aliphatic carbocycles. The lowest BCUT2D eigenvalue weighted by Crippen LogP contribution is -2.16. The molecule has 1 amide bonds. The molecule has 0 unspecified atom stereocenters. The zero-order chi connectivity index (χ0) is 20.3. The topological polar surface area (TPSA) is 64.7 Å². The fourth-order valence-corrected chi connectivity index (χ4v) is 2.80. The standard InChI is InChI=1S/C19H20F3N5O/c1-13-4-3-5-15(10-13)12-26-8-6-17(25-26)23-18(28)7-9-27-14(2)11-16(24-27)19(20,21)22/h3-6,8,10-11H,7,9,12H2,1-2H3,(H,23,25,28). The van der Waals surface area contributed by atoms with Crippen LogP contribution in [0.1, 0.15) is 28.9 Å². The lowest BCUT2D eigenvalue weighted by molar-refractivity contribution is -0.141. The molecule has 1 N–H and O–H groups in total. The fourth-order valence-electron chi connectivity index (χ4n) is 2.80. The molecule has 3 aromatic rings. The number of benzene rings is 1. The molecule has 1 aromatic carbocycles. The van der Waals surface area contributed by atoms with Crippen molar-refractivity contribution < 1.29 is 18.0 Å². The highest BCUT2D eigenvalue weighted by atomic mass is 19.4. The van der Waals surface area contributed by atoms with Gasteiger partial charge in [-0.25, -0.2) is 0 Å². The molecular formula is C19H20F3N5O. The van der Waals surface area contributed by atoms with Gasteiger partial charge in [0, 0.05) is 30.9 Å². The number of alkyl halides is 3. The van der Waals surface area contributed by atoms with Crippen LogP contribution in [0.5, 0.6) is 0 Å². The molecule has 0 aliphatic heterocycles. The van der Waals surface area contributed by atoms with Crippen LogP contribution in [-0.4, -0.2) is 25.5 Å². The molecule has 0 radical (unpaired) electrons. The Labute approximate surface area is 160 Å². The van der Waals surface area contributed by atoms with Gasteiger partial charge in [0.2, 0.25) is 5.91 Å². The van der Waals surface area contributed by atoms with Crippen molar-refractivity contribution in [3.05, 3.63) is 65.1 Å². The largest absolute Gasteiger partial charge is 0.435 e. The zero-order valence-corrected chi connectivity index (χ0v) is 15.5. The van der Waals surface area contributed by atoms with Gasteiger partial charge in [0.1, 0.15) is 0 Å². The number of rotatable bonds is 6. The molecule has 6 nitrogen and oxygen atoms in total. The van der Waals surface area contributed by atoms with Crippen LogP contribution in [0.2, 0.25) is 0 Å². The van der Waals surface area contributed by atoms with Gasteiger partial charge >= 0.3 is 6.18 Å². The van der Waals surface area contributed by atoms with Crippen molar-refractivity contribution in [2.24, 2.45) is 0 Å². The Kier molecular flexibility index (Phi) is 5.53. The number of nitrogens with zero attached hydrogens (tertiary/aromatic N) is 4. The highest BCUT2D eigenvalue weighted by Crippen LogP contribution is 2.28. The molecule has 0 atom stereocenters. The SMILES string of the molecule is Cc1cccc(Cn2ccc(NC(=O)CCn3nc(C(F)(F)F)cc3C)n2)c1. The molecule has 0 fully saturated rings. The number of carbonyl (C=O) groups excluding carboxylic acids is 1. The van der Waals surface area contributed by atoms with Crippen LogP contribution in [0.15, 0.2) is 42.6 Å². The van der Waals surface area contributed by atoms with E-state index in [9.17, 15) is 18.0 Å². The molecule has 3 rings (SSSR count). The number of anilines is 1. The summed E-state index contributed by atoms with van der Waals surface area (Å²) >= 11 is 0. The normalized spacial score (nSPS) is 11.6. The molecule has 0 saturated carbocycles. The minimum Gasteiger partial charge on any atom is -0.309 e. The lowest BCUT2D eigenvalue weighted by Gasteiger charge is -2.05. The van der Waals surface area contributed by atoms with E-state index < -0.39 is 11.9 Å². The third kappa shape index (κ3) is 4.99. The van der Waals surface area contributed by atoms with Gasteiger partial charge in [-0.3, -0.25) is 14.2 Å². The van der Waals surface area contributed by atoms with Crippen molar-refractivity contribution in [1.82, 2.24) is 19.6 Å². The van der Waals surface area contributed by atoms with Gasteiger partial charge in [-0.1, -0.05) is 29.8 Å². The van der Waals surface area contributed by atoms with E-state index in [4.69, 9.17) is 0 Å². The van der Waals surface area contributed by atoms with E-state index in [2.05, 4.69) is 21.6 Å². The van der Waals surface area contributed by atoms with E-state index in [1.807, 2.05) is 25.1 Å². The summed E-state index contributed by atoms with van der Waals surface area (Å²) in [5.74, 6) is 0.0510. The minimum atomic E-state index is -4.50. The molecule has 0 aliphatic rings. The predicted octanol–water partition coefficient (Wildman–Crippen LogP) is 3.79. The fraction of sp³-hybridized carbons (Fsp3) is 0.316. The molecule has 148 valence electrons. The Morgan fingerprint density at radius 3 is 2.61 bits per heavy atom. The second-order valence-corrected chi connectivity index (χ2v) is 6.58. The summed E-state index contributed by atoms with van der Waals surface area (Å²) in [5.41, 5.74) is 1.64. The maximum atomic E-state index is 12.7. The van der Waals surface area contributed by atoms with E-state index in [0.717, 1.165) is 17.2 Å². The molecule has 0 bridgehead atoms. The van der Waals surface area contributed by atoms with Crippen LogP contribution in [0.4, 0.5) is 19.0 Å². The molecule has 0 spiro atoms. The van der Waals surface area contributed by atoms with Crippen molar-refractivity contribution in [1.29, 1.82) is 0 Å². The lowest BCUT2D eigenvalue weighted by atomic mass is 10.1. The summed E-state index contributed by atoms with van der Waals surface area (Å²) in [6.07, 6.45) is -2.75. The second-order valence-electron chi connectivity index (χ2n) is 6.58. The van der Waals surface area contributed by atoms with Gasteiger partial charge in [0.25, 0.3) is 0 Å². The molecule has 2 aromatic heterocycles. The van der Waals surface area contributed by atoms with Gasteiger partial charge < -0.3 is 5.32 Å². The Morgan fingerprint density at radius 2 is 1.93 bits per heavy atom. The number of amides is 1. The van der Waals surface area contributed by atoms with Crippen molar-refractivity contribution in [3.8, 4) is 0 Å². The number of halogens is 3. The molecule has 9 heteroatoms. The smallest absolute Gasteiger partial charge is 0.309 e. The van der Waals surface area contributed by atoms with E-state index in [1.54, 1.807) is 16.9 Å². The van der Waals surface area contributed by atoms with Crippen LogP contribution >= 0.6 is 0 Å². The third-order valence-electron chi connectivity index (χ3n) is 4.16. The number of carbonyl (C=O) groups is 1. The molecular weight excluding hydrogens is 371 g/mol. The summed E-state index contributed by atoms with van der Waals surface area (Å²) in [6.45, 7) is 4.16. The number of aromatic nitrogens is 4. The summed E-state index contributed by atoms with van der Waals surface area (Å²) in [4.78, 5) is 12.1. The minimum absolute atomic E-state index is 0.00937. The van der Waals surface area contributed by atoms with E-state index in [1.165, 1.54) is 11.6 Å². The first kappa shape index (κ1) is 19.7. The van der Waals surface area contributed by atoms with Gasteiger partial charge in [-0.15, -0.1) is 0 Å². The summed E-state index contributed by atoms with van der Waals surface area (Å²) < 4.78 is 40.9. The highest BCUT2D eigenvalue weighted by Gasteiger charge is 2.34. The molecule has 2 heterocycles. The Balaban J connectivity index is 1.54. The van der Waals surface area contributed by atoms with Gasteiger partial charge in [-0.2, -0.15) is 23.4 Å². The van der Waals surface area contributed by atoms with Crippen molar-refractivity contribution >= 4 is 11.7 Å². The number of hydrogen-bond donors (Lipinski definition) is 1. The van der Waals surface area contributed by atoms with E-state index in [0.29, 0.717) is 18.1 Å².